The van der Waals surface area contributed by atoms with Crippen molar-refractivity contribution in [3.8, 4) is 0 Å². The highest BCUT2D eigenvalue weighted by atomic mass is 16.6. The van der Waals surface area contributed by atoms with Gasteiger partial charge in [-0.05, 0) is 40.0 Å². The van der Waals surface area contributed by atoms with Crippen LogP contribution in [0.15, 0.2) is 48.6 Å². The maximum Gasteiger partial charge on any atom is 0.333 e. The molecule has 0 radical (unpaired) electrons. The fourth-order valence-electron chi connectivity index (χ4n) is 2.13. The first-order chi connectivity index (χ1) is 16.9. The predicted molar refractivity (Wildman–Crippen MR) is 134 cm³/mol. The van der Waals surface area contributed by atoms with Gasteiger partial charge in [0.2, 0.25) is 0 Å². The Labute approximate surface area is 213 Å². The summed E-state index contributed by atoms with van der Waals surface area (Å²) < 4.78 is 19.8. The molecule has 0 aliphatic rings. The zero-order valence-electron chi connectivity index (χ0n) is 21.6. The first-order valence-corrected chi connectivity index (χ1v) is 11.5. The first-order valence-electron chi connectivity index (χ1n) is 11.5. The van der Waals surface area contributed by atoms with E-state index in [0.717, 1.165) is 19.3 Å². The molecule has 10 nitrogen and oxygen atoms in total. The molecule has 0 aromatic heterocycles. The average Bonchev–Trinajstić information content (AvgIpc) is 2.82. The largest absolute Gasteiger partial charge is 0.462 e. The van der Waals surface area contributed by atoms with Crippen molar-refractivity contribution in [2.75, 3.05) is 33.0 Å². The predicted octanol–water partition coefficient (Wildman–Crippen LogP) is 2.73. The second-order valence-corrected chi connectivity index (χ2v) is 7.91. The van der Waals surface area contributed by atoms with Crippen LogP contribution >= 0.6 is 0 Å². The van der Waals surface area contributed by atoms with Gasteiger partial charge in [0.1, 0.15) is 19.3 Å². The molecule has 0 aromatic rings. The second-order valence-electron chi connectivity index (χ2n) is 7.91. The van der Waals surface area contributed by atoms with E-state index >= 15 is 0 Å². The van der Waals surface area contributed by atoms with Gasteiger partial charge in [0.05, 0.1) is 13.2 Å². The molecule has 10 heteroatoms. The highest BCUT2D eigenvalue weighted by Gasteiger charge is 2.22. The zero-order valence-corrected chi connectivity index (χ0v) is 21.6. The highest BCUT2D eigenvalue weighted by Crippen LogP contribution is 2.13. The van der Waals surface area contributed by atoms with E-state index in [4.69, 9.17) is 24.4 Å². The summed E-state index contributed by atoms with van der Waals surface area (Å²) in [6, 6.07) is 0. The summed E-state index contributed by atoms with van der Waals surface area (Å²) in [7, 11) is 0. The SMILES string of the molecule is C=C(C)C(=O)OCC(CC(=C)C(=O)OCCCCCCO)OC(=O)C(=C)C.C=C(C)C(=O)OCCO. The van der Waals surface area contributed by atoms with Crippen LogP contribution in [0.1, 0.15) is 52.9 Å². The molecule has 204 valence electrons. The van der Waals surface area contributed by atoms with Crippen LogP contribution in [0.4, 0.5) is 0 Å². The lowest BCUT2D eigenvalue weighted by atomic mass is 10.1. The number of carbonyl (C=O) groups excluding carboxylic acids is 4. The minimum Gasteiger partial charge on any atom is -0.462 e. The molecule has 0 aliphatic carbocycles. The Morgan fingerprint density at radius 2 is 1.14 bits per heavy atom. The molecule has 0 rings (SSSR count). The van der Waals surface area contributed by atoms with Gasteiger partial charge in [-0.25, -0.2) is 19.2 Å². The Morgan fingerprint density at radius 1 is 0.639 bits per heavy atom. The van der Waals surface area contributed by atoms with E-state index in [1.165, 1.54) is 13.8 Å². The normalized spacial score (nSPS) is 10.6. The summed E-state index contributed by atoms with van der Waals surface area (Å²) in [6.07, 6.45) is 2.19. The van der Waals surface area contributed by atoms with E-state index in [1.54, 1.807) is 6.92 Å². The third-order valence-electron chi connectivity index (χ3n) is 4.09. The van der Waals surface area contributed by atoms with Crippen LogP contribution in [0.5, 0.6) is 0 Å². The number of rotatable bonds is 17. The van der Waals surface area contributed by atoms with Gasteiger partial charge < -0.3 is 29.2 Å². The molecule has 1 atom stereocenters. The molecule has 0 aromatic carbocycles. The van der Waals surface area contributed by atoms with Crippen LogP contribution in [0.2, 0.25) is 0 Å². The van der Waals surface area contributed by atoms with Crippen molar-refractivity contribution in [1.29, 1.82) is 0 Å². The molecule has 36 heavy (non-hydrogen) atoms. The summed E-state index contributed by atoms with van der Waals surface area (Å²) in [5.74, 6) is -2.33. The van der Waals surface area contributed by atoms with Crippen molar-refractivity contribution >= 4 is 23.9 Å². The number of unbranched alkanes of at least 4 members (excludes halogenated alkanes) is 3. The van der Waals surface area contributed by atoms with E-state index in [2.05, 4.69) is 31.1 Å². The van der Waals surface area contributed by atoms with Gasteiger partial charge in [-0.2, -0.15) is 0 Å². The molecule has 0 spiro atoms. The summed E-state index contributed by atoms with van der Waals surface area (Å²) in [5, 5.41) is 16.9. The number of esters is 4. The Hall–Kier alpha value is -3.24. The fraction of sp³-hybridized carbons (Fsp3) is 0.538. The minimum absolute atomic E-state index is 0.0359. The number of hydrogen-bond donors (Lipinski definition) is 2. The van der Waals surface area contributed by atoms with Gasteiger partial charge in [0.15, 0.2) is 0 Å². The van der Waals surface area contributed by atoms with E-state index in [1.807, 2.05) is 0 Å². The van der Waals surface area contributed by atoms with Crippen LogP contribution < -0.4 is 0 Å². The fourth-order valence-corrected chi connectivity index (χ4v) is 2.13. The Kier molecular flexibility index (Phi) is 20.4. The molecular formula is C26H40O10. The maximum absolute atomic E-state index is 12.0. The lowest BCUT2D eigenvalue weighted by Crippen LogP contribution is -2.27. The van der Waals surface area contributed by atoms with E-state index < -0.39 is 30.0 Å². The third kappa shape index (κ3) is 19.1. The van der Waals surface area contributed by atoms with Gasteiger partial charge in [-0.15, -0.1) is 0 Å². The molecule has 2 N–H and O–H groups in total. The van der Waals surface area contributed by atoms with Gasteiger partial charge in [0.25, 0.3) is 0 Å². The zero-order chi connectivity index (χ0) is 28.1. The molecule has 0 aliphatic heterocycles. The van der Waals surface area contributed by atoms with Crippen LogP contribution in [0, 0.1) is 0 Å². The van der Waals surface area contributed by atoms with Crippen molar-refractivity contribution in [3.05, 3.63) is 48.6 Å². The van der Waals surface area contributed by atoms with Crippen LogP contribution in [-0.2, 0) is 38.1 Å². The molecule has 0 saturated carbocycles. The quantitative estimate of drug-likeness (QED) is 0.129. The maximum atomic E-state index is 12.0. The molecular weight excluding hydrogens is 472 g/mol. The summed E-state index contributed by atoms with van der Waals surface area (Å²) >= 11 is 0. The average molecular weight is 513 g/mol. The third-order valence-corrected chi connectivity index (χ3v) is 4.09. The van der Waals surface area contributed by atoms with Crippen LogP contribution in [-0.4, -0.2) is 73.2 Å². The van der Waals surface area contributed by atoms with E-state index in [9.17, 15) is 19.2 Å². The monoisotopic (exact) mass is 512 g/mol. The highest BCUT2D eigenvalue weighted by molar-refractivity contribution is 5.89. The number of ether oxygens (including phenoxy) is 4. The van der Waals surface area contributed by atoms with Crippen molar-refractivity contribution in [3.63, 3.8) is 0 Å². The Bertz CT molecular complexity index is 782. The molecule has 0 bridgehead atoms. The summed E-state index contributed by atoms with van der Waals surface area (Å²) in [6.45, 7) is 18.6. The van der Waals surface area contributed by atoms with Gasteiger partial charge >= 0.3 is 23.9 Å². The Balaban J connectivity index is 0. The summed E-state index contributed by atoms with van der Waals surface area (Å²) in [4.78, 5) is 45.7. The molecule has 0 heterocycles. The second kappa shape index (κ2) is 21.1. The van der Waals surface area contributed by atoms with Gasteiger partial charge in [0, 0.05) is 35.3 Å². The van der Waals surface area contributed by atoms with Crippen LogP contribution in [0.25, 0.3) is 0 Å². The lowest BCUT2D eigenvalue weighted by molar-refractivity contribution is -0.154. The van der Waals surface area contributed by atoms with Gasteiger partial charge in [-0.1, -0.05) is 32.7 Å². The minimum atomic E-state index is -0.887. The lowest BCUT2D eigenvalue weighted by Gasteiger charge is -2.19. The molecule has 1 unspecified atom stereocenters. The Morgan fingerprint density at radius 3 is 1.64 bits per heavy atom. The number of hydrogen-bond acceptors (Lipinski definition) is 10. The topological polar surface area (TPSA) is 146 Å². The molecule has 0 amide bonds. The molecule has 0 saturated heterocycles. The van der Waals surface area contributed by atoms with E-state index in [-0.39, 0.29) is 56.2 Å². The first kappa shape index (κ1) is 34.9. The number of carbonyl (C=O) groups is 4. The standard InChI is InChI=1S/C20H30O7.C6H10O3/c1-14(2)18(22)26-13-17(27-19(23)15(3)4)12-16(5)20(24)25-11-9-7-6-8-10-21;1-5(2)6(8)9-4-3-7/h17,21H,1,3,5-13H2,2,4H3;7H,1,3-4H2,2H3. The smallest absolute Gasteiger partial charge is 0.333 e. The van der Waals surface area contributed by atoms with E-state index in [0.29, 0.717) is 12.0 Å². The molecule has 0 fully saturated rings. The van der Waals surface area contributed by atoms with Crippen molar-refractivity contribution in [2.45, 2.75) is 59.0 Å². The van der Waals surface area contributed by atoms with Crippen molar-refractivity contribution in [1.82, 2.24) is 0 Å². The summed E-state index contributed by atoms with van der Waals surface area (Å²) in [5.41, 5.74) is 0.849. The van der Waals surface area contributed by atoms with Crippen LogP contribution in [0.3, 0.4) is 0 Å². The number of aliphatic hydroxyl groups is 2. The van der Waals surface area contributed by atoms with Crippen molar-refractivity contribution in [2.24, 2.45) is 0 Å². The number of aliphatic hydroxyl groups excluding tert-OH is 2. The van der Waals surface area contributed by atoms with Crippen molar-refractivity contribution < 1.29 is 48.3 Å². The van der Waals surface area contributed by atoms with Gasteiger partial charge in [-0.3, -0.25) is 0 Å².